The maximum atomic E-state index is 13.3. The number of nitrogens with one attached hydrogen (secondary N) is 1. The molecule has 1 aliphatic carbocycles. The Kier molecular flexibility index (Phi) is 3.87. The second-order valence-corrected chi connectivity index (χ2v) is 5.78. The molecule has 1 heterocycles. The van der Waals surface area contributed by atoms with E-state index in [9.17, 15) is 8.78 Å². The lowest BCUT2D eigenvalue weighted by Crippen LogP contribution is -2.37. The van der Waals surface area contributed by atoms with E-state index in [1.165, 1.54) is 0 Å². The molecule has 1 fully saturated rings. The van der Waals surface area contributed by atoms with E-state index in [-0.39, 0.29) is 24.8 Å². The molecule has 3 N–H and O–H groups in total. The lowest BCUT2D eigenvalue weighted by atomic mass is 9.79. The van der Waals surface area contributed by atoms with E-state index in [1.807, 2.05) is 24.3 Å². The van der Waals surface area contributed by atoms with Crippen molar-refractivity contribution in [1.29, 1.82) is 0 Å². The van der Waals surface area contributed by atoms with Crippen molar-refractivity contribution in [2.24, 2.45) is 11.8 Å². The van der Waals surface area contributed by atoms with Gasteiger partial charge in [0.1, 0.15) is 0 Å². The van der Waals surface area contributed by atoms with Gasteiger partial charge in [0.05, 0.1) is 0 Å². The standard InChI is InChI=1S/C16H19F2N3/c17-16(18)7-4-11(5-8-16)15(21-19)14-3-1-2-12-10-20-9-6-13(12)14/h1-3,6,9-11,15,21H,4-5,7-8,19H2. The van der Waals surface area contributed by atoms with Crippen LogP contribution in [0.1, 0.15) is 37.3 Å². The first-order valence-corrected chi connectivity index (χ1v) is 7.27. The van der Waals surface area contributed by atoms with Crippen LogP contribution in [-0.4, -0.2) is 10.9 Å². The first-order valence-electron chi connectivity index (χ1n) is 7.27. The molecule has 0 bridgehead atoms. The Labute approximate surface area is 122 Å². The van der Waals surface area contributed by atoms with Crippen LogP contribution in [-0.2, 0) is 0 Å². The summed E-state index contributed by atoms with van der Waals surface area (Å²) < 4.78 is 26.7. The van der Waals surface area contributed by atoms with E-state index in [0.717, 1.165) is 16.3 Å². The number of hydrogen-bond acceptors (Lipinski definition) is 3. The minimum Gasteiger partial charge on any atom is -0.271 e. The molecule has 0 radical (unpaired) electrons. The topological polar surface area (TPSA) is 50.9 Å². The molecule has 1 aromatic heterocycles. The van der Waals surface area contributed by atoms with Crippen LogP contribution >= 0.6 is 0 Å². The Hall–Kier alpha value is -1.59. The highest BCUT2D eigenvalue weighted by molar-refractivity contribution is 5.85. The molecule has 1 atom stereocenters. The van der Waals surface area contributed by atoms with E-state index in [1.54, 1.807) is 12.4 Å². The minimum atomic E-state index is -2.52. The zero-order valence-corrected chi connectivity index (χ0v) is 11.7. The van der Waals surface area contributed by atoms with Gasteiger partial charge < -0.3 is 0 Å². The van der Waals surface area contributed by atoms with Crippen molar-refractivity contribution < 1.29 is 8.78 Å². The fourth-order valence-electron chi connectivity index (χ4n) is 3.29. The predicted molar refractivity (Wildman–Crippen MR) is 78.7 cm³/mol. The molecule has 0 amide bonds. The second kappa shape index (κ2) is 5.66. The predicted octanol–water partition coefficient (Wildman–Crippen LogP) is 3.56. The zero-order valence-electron chi connectivity index (χ0n) is 11.7. The third-order valence-corrected chi connectivity index (χ3v) is 4.46. The Morgan fingerprint density at radius 3 is 2.71 bits per heavy atom. The van der Waals surface area contributed by atoms with Crippen molar-refractivity contribution >= 4 is 10.8 Å². The van der Waals surface area contributed by atoms with Crippen molar-refractivity contribution in [3.63, 3.8) is 0 Å². The molecule has 21 heavy (non-hydrogen) atoms. The van der Waals surface area contributed by atoms with Gasteiger partial charge >= 0.3 is 0 Å². The fraction of sp³-hybridized carbons (Fsp3) is 0.438. The molecule has 0 saturated heterocycles. The van der Waals surface area contributed by atoms with E-state index in [4.69, 9.17) is 5.84 Å². The largest absolute Gasteiger partial charge is 0.271 e. The third-order valence-electron chi connectivity index (χ3n) is 4.46. The Morgan fingerprint density at radius 2 is 2.00 bits per heavy atom. The number of nitrogens with two attached hydrogens (primary N) is 1. The molecule has 5 heteroatoms. The summed E-state index contributed by atoms with van der Waals surface area (Å²) >= 11 is 0. The highest BCUT2D eigenvalue weighted by Crippen LogP contribution is 2.42. The number of aromatic nitrogens is 1. The number of alkyl halides is 2. The maximum Gasteiger partial charge on any atom is 0.248 e. The van der Waals surface area contributed by atoms with Gasteiger partial charge in [0, 0.05) is 36.7 Å². The highest BCUT2D eigenvalue weighted by Gasteiger charge is 2.38. The molecule has 3 rings (SSSR count). The van der Waals surface area contributed by atoms with Crippen LogP contribution in [0.4, 0.5) is 8.78 Å². The number of hydrogen-bond donors (Lipinski definition) is 2. The van der Waals surface area contributed by atoms with Gasteiger partial charge in [0.25, 0.3) is 0 Å². The summed E-state index contributed by atoms with van der Waals surface area (Å²) in [4.78, 5) is 4.12. The van der Waals surface area contributed by atoms with Crippen molar-refractivity contribution in [1.82, 2.24) is 10.4 Å². The van der Waals surface area contributed by atoms with E-state index in [2.05, 4.69) is 10.4 Å². The number of halogens is 2. The Balaban J connectivity index is 1.92. The molecule has 1 aromatic carbocycles. The quantitative estimate of drug-likeness (QED) is 0.671. The summed E-state index contributed by atoms with van der Waals surface area (Å²) in [6, 6.07) is 7.81. The summed E-state index contributed by atoms with van der Waals surface area (Å²) in [5, 5.41) is 2.11. The van der Waals surface area contributed by atoms with Crippen LogP contribution in [0.5, 0.6) is 0 Å². The average molecular weight is 291 g/mol. The normalized spacial score (nSPS) is 20.5. The number of fused-ring (bicyclic) bond motifs is 1. The van der Waals surface area contributed by atoms with Gasteiger partial charge in [-0.2, -0.15) is 0 Å². The molecule has 0 aliphatic heterocycles. The van der Waals surface area contributed by atoms with Gasteiger partial charge in [0.15, 0.2) is 0 Å². The average Bonchev–Trinajstić information content (AvgIpc) is 2.50. The van der Waals surface area contributed by atoms with Crippen molar-refractivity contribution in [3.05, 3.63) is 42.2 Å². The summed E-state index contributed by atoms with van der Waals surface area (Å²) in [5.74, 6) is 3.36. The molecule has 112 valence electrons. The van der Waals surface area contributed by atoms with E-state index >= 15 is 0 Å². The number of benzene rings is 1. The van der Waals surface area contributed by atoms with Crippen LogP contribution in [0.25, 0.3) is 10.8 Å². The lowest BCUT2D eigenvalue weighted by Gasteiger charge is -2.34. The van der Waals surface area contributed by atoms with Crippen molar-refractivity contribution in [2.75, 3.05) is 0 Å². The van der Waals surface area contributed by atoms with E-state index < -0.39 is 5.92 Å². The van der Waals surface area contributed by atoms with Gasteiger partial charge in [-0.1, -0.05) is 18.2 Å². The van der Waals surface area contributed by atoms with Crippen LogP contribution in [0.2, 0.25) is 0 Å². The number of pyridine rings is 1. The molecule has 3 nitrogen and oxygen atoms in total. The fourth-order valence-corrected chi connectivity index (χ4v) is 3.29. The van der Waals surface area contributed by atoms with Crippen LogP contribution in [0, 0.1) is 5.92 Å². The monoisotopic (exact) mass is 291 g/mol. The highest BCUT2D eigenvalue weighted by atomic mass is 19.3. The van der Waals surface area contributed by atoms with Crippen molar-refractivity contribution in [3.8, 4) is 0 Å². The maximum absolute atomic E-state index is 13.3. The van der Waals surface area contributed by atoms with Crippen LogP contribution in [0.3, 0.4) is 0 Å². The van der Waals surface area contributed by atoms with Gasteiger partial charge in [-0.25, -0.2) is 8.78 Å². The van der Waals surface area contributed by atoms with Crippen molar-refractivity contribution in [2.45, 2.75) is 37.6 Å². The Bertz CT molecular complexity index is 614. The lowest BCUT2D eigenvalue weighted by molar-refractivity contribution is -0.0497. The summed E-state index contributed by atoms with van der Waals surface area (Å²) in [5.41, 5.74) is 3.90. The third kappa shape index (κ3) is 2.89. The SMILES string of the molecule is NNC(c1cccc2cnccc12)C1CCC(F)(F)CC1. The van der Waals surface area contributed by atoms with Gasteiger partial charge in [-0.3, -0.25) is 16.3 Å². The number of nitrogens with zero attached hydrogens (tertiary/aromatic N) is 1. The first kappa shape index (κ1) is 14.4. The minimum absolute atomic E-state index is 0.0534. The molecule has 1 saturated carbocycles. The number of rotatable bonds is 3. The molecule has 1 unspecified atom stereocenters. The van der Waals surface area contributed by atoms with E-state index in [0.29, 0.717) is 12.8 Å². The summed E-state index contributed by atoms with van der Waals surface area (Å²) in [6.07, 6.45) is 4.42. The van der Waals surface area contributed by atoms with Crippen LogP contribution < -0.4 is 11.3 Å². The Morgan fingerprint density at radius 1 is 1.24 bits per heavy atom. The summed E-state index contributed by atoms with van der Waals surface area (Å²) in [7, 11) is 0. The van der Waals surface area contributed by atoms with Gasteiger partial charge in [-0.05, 0) is 35.8 Å². The smallest absolute Gasteiger partial charge is 0.248 e. The van der Waals surface area contributed by atoms with Gasteiger partial charge in [0.2, 0.25) is 5.92 Å². The second-order valence-electron chi connectivity index (χ2n) is 5.78. The molecule has 1 aliphatic rings. The summed E-state index contributed by atoms with van der Waals surface area (Å²) in [6.45, 7) is 0. The molecule has 2 aromatic rings. The first-order chi connectivity index (χ1) is 10.1. The number of hydrazine groups is 1. The molecular formula is C16H19F2N3. The molecular weight excluding hydrogens is 272 g/mol. The van der Waals surface area contributed by atoms with Gasteiger partial charge in [-0.15, -0.1) is 0 Å². The van der Waals surface area contributed by atoms with Crippen LogP contribution in [0.15, 0.2) is 36.7 Å². The zero-order chi connectivity index (χ0) is 14.9. The molecule has 0 spiro atoms.